The fraction of sp³-hybridized carbons (Fsp3) is 0.500. The van der Waals surface area contributed by atoms with Crippen molar-refractivity contribution in [2.75, 3.05) is 6.54 Å². The molecule has 0 bridgehead atoms. The summed E-state index contributed by atoms with van der Waals surface area (Å²) in [5.41, 5.74) is 1.20. The minimum Gasteiger partial charge on any atom is -0.310 e. The van der Waals surface area contributed by atoms with Crippen LogP contribution in [0.2, 0.25) is 0 Å². The smallest absolute Gasteiger partial charge is 0.270 e. The Labute approximate surface area is 88.5 Å². The summed E-state index contributed by atoms with van der Waals surface area (Å²) in [6, 6.07) is 7.00. The summed E-state index contributed by atoms with van der Waals surface area (Å²) in [4.78, 5) is 0. The highest BCUT2D eigenvalue weighted by Crippen LogP contribution is 2.29. The Morgan fingerprint density at radius 1 is 1.27 bits per heavy atom. The summed E-state index contributed by atoms with van der Waals surface area (Å²) in [5, 5.41) is 3.34. The van der Waals surface area contributed by atoms with Crippen LogP contribution in [-0.2, 0) is 5.92 Å². The van der Waals surface area contributed by atoms with Gasteiger partial charge >= 0.3 is 0 Å². The molecule has 82 valence electrons. The molecule has 1 fully saturated rings. The Morgan fingerprint density at radius 3 is 2.40 bits per heavy atom. The maximum absolute atomic E-state index is 12.9. The third kappa shape index (κ3) is 2.34. The SMILES string of the molecule is CC(F)(F)c1ccc(C2CCCN2)cc1. The van der Waals surface area contributed by atoms with E-state index >= 15 is 0 Å². The van der Waals surface area contributed by atoms with E-state index in [0.29, 0.717) is 6.04 Å². The lowest BCUT2D eigenvalue weighted by Gasteiger charge is -2.14. The predicted molar refractivity (Wildman–Crippen MR) is 56.0 cm³/mol. The van der Waals surface area contributed by atoms with Gasteiger partial charge in [-0.2, -0.15) is 0 Å². The largest absolute Gasteiger partial charge is 0.310 e. The van der Waals surface area contributed by atoms with Crippen LogP contribution in [0.25, 0.3) is 0 Å². The van der Waals surface area contributed by atoms with Crippen molar-refractivity contribution in [3.63, 3.8) is 0 Å². The Bertz CT molecular complexity index is 320. The predicted octanol–water partition coefficient (Wildman–Crippen LogP) is 3.22. The fourth-order valence-corrected chi connectivity index (χ4v) is 1.98. The van der Waals surface area contributed by atoms with Gasteiger partial charge in [0.25, 0.3) is 5.92 Å². The quantitative estimate of drug-likeness (QED) is 0.792. The second kappa shape index (κ2) is 3.89. The lowest BCUT2D eigenvalue weighted by atomic mass is 10.0. The Kier molecular flexibility index (Phi) is 2.74. The molecule has 1 saturated heterocycles. The first-order valence-corrected chi connectivity index (χ1v) is 5.29. The summed E-state index contributed by atoms with van der Waals surface area (Å²) < 4.78 is 25.9. The summed E-state index contributed by atoms with van der Waals surface area (Å²) in [6.07, 6.45) is 2.26. The highest BCUT2D eigenvalue weighted by molar-refractivity contribution is 5.27. The summed E-state index contributed by atoms with van der Waals surface area (Å²) in [7, 11) is 0. The van der Waals surface area contributed by atoms with Crippen molar-refractivity contribution in [1.82, 2.24) is 5.32 Å². The van der Waals surface area contributed by atoms with Crippen molar-refractivity contribution in [2.45, 2.75) is 31.7 Å². The summed E-state index contributed by atoms with van der Waals surface area (Å²) >= 11 is 0. The first-order valence-electron chi connectivity index (χ1n) is 5.29. The van der Waals surface area contributed by atoms with Gasteiger partial charge in [0.1, 0.15) is 0 Å². The van der Waals surface area contributed by atoms with Gasteiger partial charge in [0.05, 0.1) is 0 Å². The first kappa shape index (κ1) is 10.6. The van der Waals surface area contributed by atoms with Gasteiger partial charge in [0.15, 0.2) is 0 Å². The van der Waals surface area contributed by atoms with Gasteiger partial charge in [-0.1, -0.05) is 24.3 Å². The third-order valence-corrected chi connectivity index (χ3v) is 2.88. The number of halogens is 2. The first-order chi connectivity index (χ1) is 7.07. The van der Waals surface area contributed by atoms with E-state index < -0.39 is 5.92 Å². The van der Waals surface area contributed by atoms with E-state index in [0.717, 1.165) is 31.9 Å². The molecule has 3 heteroatoms. The maximum atomic E-state index is 12.9. The van der Waals surface area contributed by atoms with Crippen molar-refractivity contribution in [3.05, 3.63) is 35.4 Å². The van der Waals surface area contributed by atoms with E-state index in [1.807, 2.05) is 0 Å². The second-order valence-corrected chi connectivity index (χ2v) is 4.16. The zero-order valence-corrected chi connectivity index (χ0v) is 8.76. The van der Waals surface area contributed by atoms with Crippen LogP contribution in [0.4, 0.5) is 8.78 Å². The molecule has 0 amide bonds. The van der Waals surface area contributed by atoms with E-state index in [2.05, 4.69) is 5.32 Å². The Morgan fingerprint density at radius 2 is 1.93 bits per heavy atom. The van der Waals surface area contributed by atoms with Gasteiger partial charge in [0, 0.05) is 18.5 Å². The zero-order chi connectivity index (χ0) is 10.9. The van der Waals surface area contributed by atoms with Gasteiger partial charge in [-0.25, -0.2) is 8.78 Å². The monoisotopic (exact) mass is 211 g/mol. The normalized spacial score (nSPS) is 21.9. The highest BCUT2D eigenvalue weighted by Gasteiger charge is 2.24. The van der Waals surface area contributed by atoms with Crippen LogP contribution in [0.3, 0.4) is 0 Å². The minimum absolute atomic E-state index is 0.0873. The van der Waals surface area contributed by atoms with Crippen LogP contribution in [0.1, 0.15) is 36.9 Å². The number of nitrogens with one attached hydrogen (secondary N) is 1. The lowest BCUT2D eigenvalue weighted by Crippen LogP contribution is -2.13. The van der Waals surface area contributed by atoms with Gasteiger partial charge in [-0.15, -0.1) is 0 Å². The van der Waals surface area contributed by atoms with Crippen LogP contribution in [-0.4, -0.2) is 6.54 Å². The number of hydrogen-bond donors (Lipinski definition) is 1. The molecule has 1 aliphatic heterocycles. The van der Waals surface area contributed by atoms with E-state index in [-0.39, 0.29) is 5.56 Å². The van der Waals surface area contributed by atoms with Crippen molar-refractivity contribution >= 4 is 0 Å². The third-order valence-electron chi connectivity index (χ3n) is 2.88. The number of alkyl halides is 2. The van der Waals surface area contributed by atoms with Crippen molar-refractivity contribution in [2.24, 2.45) is 0 Å². The zero-order valence-electron chi connectivity index (χ0n) is 8.76. The molecular weight excluding hydrogens is 196 g/mol. The lowest BCUT2D eigenvalue weighted by molar-refractivity contribution is 0.0174. The minimum atomic E-state index is -2.73. The molecule has 1 N–H and O–H groups in total. The molecular formula is C12H15F2N. The standard InChI is InChI=1S/C12H15F2N/c1-12(13,14)10-6-4-9(5-7-10)11-3-2-8-15-11/h4-7,11,15H,2-3,8H2,1H3. The second-order valence-electron chi connectivity index (χ2n) is 4.16. The van der Waals surface area contributed by atoms with Crippen LogP contribution >= 0.6 is 0 Å². The number of hydrogen-bond acceptors (Lipinski definition) is 1. The van der Waals surface area contributed by atoms with Gasteiger partial charge < -0.3 is 5.32 Å². The van der Waals surface area contributed by atoms with Crippen LogP contribution < -0.4 is 5.32 Å². The molecule has 1 atom stereocenters. The van der Waals surface area contributed by atoms with E-state index in [1.165, 1.54) is 12.1 Å². The average molecular weight is 211 g/mol. The van der Waals surface area contributed by atoms with Crippen molar-refractivity contribution in [3.8, 4) is 0 Å². The fourth-order valence-electron chi connectivity index (χ4n) is 1.98. The van der Waals surface area contributed by atoms with Crippen LogP contribution in [0.15, 0.2) is 24.3 Å². The van der Waals surface area contributed by atoms with Crippen molar-refractivity contribution < 1.29 is 8.78 Å². The summed E-state index contributed by atoms with van der Waals surface area (Å²) in [5.74, 6) is -2.73. The molecule has 1 nitrogen and oxygen atoms in total. The number of benzene rings is 1. The molecule has 1 aliphatic rings. The van der Waals surface area contributed by atoms with Gasteiger partial charge in [-0.05, 0) is 24.9 Å². The molecule has 0 saturated carbocycles. The van der Waals surface area contributed by atoms with E-state index in [4.69, 9.17) is 0 Å². The highest BCUT2D eigenvalue weighted by atomic mass is 19.3. The molecule has 2 rings (SSSR count). The molecule has 0 radical (unpaired) electrons. The molecule has 0 spiro atoms. The molecule has 1 aromatic rings. The topological polar surface area (TPSA) is 12.0 Å². The molecule has 0 aromatic heterocycles. The van der Waals surface area contributed by atoms with Crippen LogP contribution in [0.5, 0.6) is 0 Å². The molecule has 1 unspecified atom stereocenters. The molecule has 1 heterocycles. The van der Waals surface area contributed by atoms with Crippen LogP contribution in [0, 0.1) is 0 Å². The molecule has 0 aliphatic carbocycles. The van der Waals surface area contributed by atoms with E-state index in [9.17, 15) is 8.78 Å². The van der Waals surface area contributed by atoms with E-state index in [1.54, 1.807) is 12.1 Å². The average Bonchev–Trinajstić information content (AvgIpc) is 2.69. The van der Waals surface area contributed by atoms with Crippen molar-refractivity contribution in [1.29, 1.82) is 0 Å². The van der Waals surface area contributed by atoms with Gasteiger partial charge in [-0.3, -0.25) is 0 Å². The molecule has 1 aromatic carbocycles. The number of rotatable bonds is 2. The maximum Gasteiger partial charge on any atom is 0.270 e. The van der Waals surface area contributed by atoms with Gasteiger partial charge in [0.2, 0.25) is 0 Å². The Hall–Kier alpha value is -0.960. The Balaban J connectivity index is 2.16. The summed E-state index contributed by atoms with van der Waals surface area (Å²) in [6.45, 7) is 1.95. The molecule has 15 heavy (non-hydrogen) atoms.